The minimum atomic E-state index is -0.290. The quantitative estimate of drug-likeness (QED) is 0.764. The van der Waals surface area contributed by atoms with Crippen LogP contribution in [-0.2, 0) is 4.79 Å². The Labute approximate surface area is 115 Å². The number of nitrogens with zero attached hydrogens (tertiary/aromatic N) is 2. The summed E-state index contributed by atoms with van der Waals surface area (Å²) >= 11 is 5.02. The van der Waals surface area contributed by atoms with Gasteiger partial charge in [0.05, 0.1) is 10.9 Å². The van der Waals surface area contributed by atoms with Gasteiger partial charge in [0.1, 0.15) is 0 Å². The zero-order valence-corrected chi connectivity index (χ0v) is 12.5. The number of likely N-dealkylation sites (tertiary alicyclic amines) is 1. The van der Waals surface area contributed by atoms with Crippen molar-refractivity contribution >= 4 is 23.1 Å². The lowest BCUT2D eigenvalue weighted by Gasteiger charge is -2.37. The Morgan fingerprint density at radius 3 is 2.78 bits per heavy atom. The molecule has 1 aliphatic rings. The number of amides is 1. The third kappa shape index (κ3) is 3.92. The van der Waals surface area contributed by atoms with E-state index in [0.717, 1.165) is 38.8 Å². The number of hydrogen-bond acceptors (Lipinski definition) is 3. The molecule has 4 nitrogen and oxygen atoms in total. The number of piperidine rings is 1. The molecule has 1 amide bonds. The fraction of sp³-hybridized carbons (Fsp3) is 0.846. The van der Waals surface area contributed by atoms with E-state index in [1.54, 1.807) is 0 Å². The van der Waals surface area contributed by atoms with Crippen LogP contribution < -0.4 is 5.73 Å². The molecule has 1 fully saturated rings. The highest BCUT2D eigenvalue weighted by Crippen LogP contribution is 2.18. The van der Waals surface area contributed by atoms with Crippen LogP contribution in [0, 0.1) is 5.92 Å². The maximum absolute atomic E-state index is 12.4. The lowest BCUT2D eigenvalue weighted by atomic mass is 9.99. The van der Waals surface area contributed by atoms with Crippen molar-refractivity contribution in [3.05, 3.63) is 0 Å². The second-order valence-corrected chi connectivity index (χ2v) is 5.72. The van der Waals surface area contributed by atoms with E-state index >= 15 is 0 Å². The third-order valence-corrected chi connectivity index (χ3v) is 4.00. The molecule has 0 aromatic carbocycles. The van der Waals surface area contributed by atoms with E-state index in [0.29, 0.717) is 11.0 Å². The van der Waals surface area contributed by atoms with E-state index in [-0.39, 0.29) is 11.8 Å². The Morgan fingerprint density at radius 2 is 2.28 bits per heavy atom. The van der Waals surface area contributed by atoms with Crippen molar-refractivity contribution < 1.29 is 4.79 Å². The van der Waals surface area contributed by atoms with Gasteiger partial charge in [-0.15, -0.1) is 0 Å². The SMILES string of the molecule is CCCC(C(=O)N(C)C1CCCN(C)C1)C(N)=S. The van der Waals surface area contributed by atoms with Gasteiger partial charge in [0.15, 0.2) is 0 Å². The summed E-state index contributed by atoms with van der Waals surface area (Å²) in [6, 6.07) is 0.296. The normalized spacial score (nSPS) is 22.5. The van der Waals surface area contributed by atoms with E-state index in [4.69, 9.17) is 18.0 Å². The number of thiocarbonyl (C=S) groups is 1. The standard InChI is InChI=1S/C13H25N3OS/c1-4-6-11(12(14)18)13(17)16(3)10-7-5-8-15(2)9-10/h10-11H,4-9H2,1-3H3,(H2,14,18). The van der Waals surface area contributed by atoms with Crippen LogP contribution in [0.2, 0.25) is 0 Å². The average Bonchev–Trinajstić information content (AvgIpc) is 2.33. The highest BCUT2D eigenvalue weighted by molar-refractivity contribution is 7.80. The van der Waals surface area contributed by atoms with Crippen molar-refractivity contribution in [3.63, 3.8) is 0 Å². The summed E-state index contributed by atoms with van der Waals surface area (Å²) < 4.78 is 0. The van der Waals surface area contributed by atoms with E-state index in [2.05, 4.69) is 11.9 Å². The zero-order valence-electron chi connectivity index (χ0n) is 11.7. The first-order chi connectivity index (χ1) is 8.47. The van der Waals surface area contributed by atoms with Crippen LogP contribution in [0.4, 0.5) is 0 Å². The molecule has 18 heavy (non-hydrogen) atoms. The number of rotatable bonds is 5. The first-order valence-corrected chi connectivity index (χ1v) is 7.12. The van der Waals surface area contributed by atoms with E-state index < -0.39 is 0 Å². The van der Waals surface area contributed by atoms with Gasteiger partial charge in [-0.1, -0.05) is 25.6 Å². The summed E-state index contributed by atoms with van der Waals surface area (Å²) in [4.78, 5) is 16.9. The van der Waals surface area contributed by atoms with Gasteiger partial charge < -0.3 is 15.5 Å². The summed E-state index contributed by atoms with van der Waals surface area (Å²) in [5.74, 6) is -0.202. The van der Waals surface area contributed by atoms with Gasteiger partial charge in [-0.2, -0.15) is 0 Å². The molecule has 2 N–H and O–H groups in total. The third-order valence-electron chi connectivity index (χ3n) is 3.71. The minimum Gasteiger partial charge on any atom is -0.393 e. The molecule has 0 saturated carbocycles. The van der Waals surface area contributed by atoms with Crippen LogP contribution in [0.1, 0.15) is 32.6 Å². The van der Waals surface area contributed by atoms with Crippen LogP contribution in [0.3, 0.4) is 0 Å². The van der Waals surface area contributed by atoms with Crippen molar-refractivity contribution in [2.75, 3.05) is 27.2 Å². The molecule has 0 aromatic rings. The molecular formula is C13H25N3OS. The number of likely N-dealkylation sites (N-methyl/N-ethyl adjacent to an activating group) is 2. The number of carbonyl (C=O) groups is 1. The van der Waals surface area contributed by atoms with Crippen molar-refractivity contribution in [2.24, 2.45) is 11.7 Å². The molecule has 1 aliphatic heterocycles. The van der Waals surface area contributed by atoms with Gasteiger partial charge >= 0.3 is 0 Å². The smallest absolute Gasteiger partial charge is 0.232 e. The van der Waals surface area contributed by atoms with Gasteiger partial charge in [0.2, 0.25) is 5.91 Å². The van der Waals surface area contributed by atoms with Crippen LogP contribution in [0.5, 0.6) is 0 Å². The fourth-order valence-corrected chi connectivity index (χ4v) is 2.78. The van der Waals surface area contributed by atoms with Gasteiger partial charge in [-0.3, -0.25) is 4.79 Å². The Balaban J connectivity index is 2.65. The molecule has 0 spiro atoms. The highest BCUT2D eigenvalue weighted by atomic mass is 32.1. The molecule has 0 aliphatic carbocycles. The Bertz CT molecular complexity index is 309. The van der Waals surface area contributed by atoms with Crippen molar-refractivity contribution in [1.82, 2.24) is 9.80 Å². The summed E-state index contributed by atoms with van der Waals surface area (Å²) in [6.07, 6.45) is 3.89. The maximum Gasteiger partial charge on any atom is 0.232 e. The average molecular weight is 271 g/mol. The van der Waals surface area contributed by atoms with Gasteiger partial charge in [-0.05, 0) is 32.9 Å². The van der Waals surface area contributed by atoms with E-state index in [9.17, 15) is 4.79 Å². The Kier molecular flexibility index (Phi) is 6.02. The molecule has 1 saturated heterocycles. The zero-order chi connectivity index (χ0) is 13.7. The molecule has 1 rings (SSSR count). The lowest BCUT2D eigenvalue weighted by Crippen LogP contribution is -2.50. The predicted molar refractivity (Wildman–Crippen MR) is 78.5 cm³/mol. The van der Waals surface area contributed by atoms with Crippen LogP contribution in [-0.4, -0.2) is 53.9 Å². The van der Waals surface area contributed by atoms with Crippen molar-refractivity contribution in [3.8, 4) is 0 Å². The summed E-state index contributed by atoms with van der Waals surface area (Å²) in [5, 5.41) is 0. The predicted octanol–water partition coefficient (Wildman–Crippen LogP) is 1.24. The minimum absolute atomic E-state index is 0.0876. The second-order valence-electron chi connectivity index (χ2n) is 5.25. The summed E-state index contributed by atoms with van der Waals surface area (Å²) in [7, 11) is 3.98. The van der Waals surface area contributed by atoms with Crippen molar-refractivity contribution in [2.45, 2.75) is 38.6 Å². The fourth-order valence-electron chi connectivity index (χ4n) is 2.56. The Morgan fingerprint density at radius 1 is 1.61 bits per heavy atom. The molecule has 0 aromatic heterocycles. The topological polar surface area (TPSA) is 49.6 Å². The number of carbonyl (C=O) groups excluding carboxylic acids is 1. The van der Waals surface area contributed by atoms with Crippen LogP contribution >= 0.6 is 12.2 Å². The molecule has 2 unspecified atom stereocenters. The first-order valence-electron chi connectivity index (χ1n) is 6.71. The molecule has 104 valence electrons. The number of nitrogens with two attached hydrogens (primary N) is 1. The highest BCUT2D eigenvalue weighted by Gasteiger charge is 2.30. The van der Waals surface area contributed by atoms with Crippen LogP contribution in [0.15, 0.2) is 0 Å². The van der Waals surface area contributed by atoms with Crippen molar-refractivity contribution in [1.29, 1.82) is 0 Å². The first kappa shape index (κ1) is 15.4. The summed E-state index contributed by atoms with van der Waals surface area (Å²) in [6.45, 7) is 4.11. The van der Waals surface area contributed by atoms with E-state index in [1.807, 2.05) is 18.9 Å². The Hall–Kier alpha value is -0.680. The van der Waals surface area contributed by atoms with E-state index in [1.165, 1.54) is 0 Å². The van der Waals surface area contributed by atoms with Crippen LogP contribution in [0.25, 0.3) is 0 Å². The monoisotopic (exact) mass is 271 g/mol. The molecule has 0 radical (unpaired) electrons. The second kappa shape index (κ2) is 7.04. The maximum atomic E-state index is 12.4. The molecule has 0 bridgehead atoms. The number of hydrogen-bond donors (Lipinski definition) is 1. The van der Waals surface area contributed by atoms with Gasteiger partial charge in [0.25, 0.3) is 0 Å². The molecule has 1 heterocycles. The molecule has 2 atom stereocenters. The van der Waals surface area contributed by atoms with Gasteiger partial charge in [-0.25, -0.2) is 0 Å². The van der Waals surface area contributed by atoms with Gasteiger partial charge in [0, 0.05) is 19.6 Å². The largest absolute Gasteiger partial charge is 0.393 e. The summed E-state index contributed by atoms with van der Waals surface area (Å²) in [5.41, 5.74) is 5.69. The molecular weight excluding hydrogens is 246 g/mol. The molecule has 5 heteroatoms. The lowest BCUT2D eigenvalue weighted by molar-refractivity contribution is -0.135.